The molecular formula is C27H23NO2. The molecule has 0 spiro atoms. The lowest BCUT2D eigenvalue weighted by molar-refractivity contribution is -0.140. The van der Waals surface area contributed by atoms with Crippen molar-refractivity contribution in [2.45, 2.75) is 24.7 Å². The van der Waals surface area contributed by atoms with E-state index in [4.69, 9.17) is 0 Å². The largest absolute Gasteiger partial charge is 0.281 e. The molecule has 0 radical (unpaired) electrons. The molecule has 30 heavy (non-hydrogen) atoms. The van der Waals surface area contributed by atoms with Crippen molar-refractivity contribution in [1.82, 2.24) is 4.90 Å². The summed E-state index contributed by atoms with van der Waals surface area (Å²) in [6.07, 6.45) is 0. The molecule has 0 N–H and O–H groups in total. The average Bonchev–Trinajstić information content (AvgIpc) is 3.05. The molecule has 3 aliphatic carbocycles. The predicted octanol–water partition coefficient (Wildman–Crippen LogP) is 4.68. The van der Waals surface area contributed by atoms with Crippen LogP contribution in [-0.2, 0) is 9.59 Å². The van der Waals surface area contributed by atoms with Crippen molar-refractivity contribution in [3.8, 4) is 0 Å². The Labute approximate surface area is 176 Å². The summed E-state index contributed by atoms with van der Waals surface area (Å²) in [5.74, 6) is -0.493. The fraction of sp³-hybridized carbons (Fsp3) is 0.259. The summed E-state index contributed by atoms with van der Waals surface area (Å²) in [6, 6.07) is 26.9. The van der Waals surface area contributed by atoms with E-state index in [0.29, 0.717) is 6.54 Å². The Morgan fingerprint density at radius 3 is 1.50 bits per heavy atom. The van der Waals surface area contributed by atoms with Crippen LogP contribution < -0.4 is 0 Å². The van der Waals surface area contributed by atoms with E-state index in [-0.39, 0.29) is 41.4 Å². The van der Waals surface area contributed by atoms with Crippen molar-refractivity contribution in [1.29, 1.82) is 0 Å². The second kappa shape index (κ2) is 6.40. The summed E-state index contributed by atoms with van der Waals surface area (Å²) in [4.78, 5) is 28.8. The van der Waals surface area contributed by atoms with E-state index in [9.17, 15) is 9.59 Å². The van der Waals surface area contributed by atoms with Crippen LogP contribution in [0.5, 0.6) is 0 Å². The van der Waals surface area contributed by atoms with E-state index in [1.165, 1.54) is 22.3 Å². The van der Waals surface area contributed by atoms with Crippen LogP contribution in [0, 0.1) is 11.8 Å². The van der Waals surface area contributed by atoms with Gasteiger partial charge in [0.15, 0.2) is 0 Å². The second-order valence-corrected chi connectivity index (χ2v) is 8.86. The Kier molecular flexibility index (Phi) is 3.76. The Morgan fingerprint density at radius 1 is 0.667 bits per heavy atom. The van der Waals surface area contributed by atoms with E-state index in [1.54, 1.807) is 4.90 Å². The zero-order valence-corrected chi connectivity index (χ0v) is 16.9. The molecule has 3 heteroatoms. The molecule has 148 valence electrons. The lowest BCUT2D eigenvalue weighted by Crippen LogP contribution is -2.41. The zero-order valence-electron chi connectivity index (χ0n) is 16.9. The van der Waals surface area contributed by atoms with Crippen molar-refractivity contribution in [2.75, 3.05) is 6.54 Å². The second-order valence-electron chi connectivity index (χ2n) is 8.86. The Balaban J connectivity index is 1.43. The molecule has 1 aliphatic heterocycles. The molecule has 3 atom stereocenters. The van der Waals surface area contributed by atoms with E-state index in [0.717, 1.165) is 5.56 Å². The van der Waals surface area contributed by atoms with Crippen molar-refractivity contribution in [3.05, 3.63) is 107 Å². The molecule has 7 rings (SSSR count). The van der Waals surface area contributed by atoms with Gasteiger partial charge in [0.1, 0.15) is 0 Å². The van der Waals surface area contributed by atoms with Gasteiger partial charge in [0.05, 0.1) is 11.8 Å². The summed E-state index contributed by atoms with van der Waals surface area (Å²) in [6.45, 7) is 2.54. The van der Waals surface area contributed by atoms with Gasteiger partial charge in [-0.3, -0.25) is 14.5 Å². The van der Waals surface area contributed by atoms with E-state index in [1.807, 2.05) is 42.5 Å². The molecule has 1 heterocycles. The van der Waals surface area contributed by atoms with E-state index >= 15 is 0 Å². The highest BCUT2D eigenvalue weighted by atomic mass is 16.2. The minimum absolute atomic E-state index is 0.00628. The third-order valence-electron chi connectivity index (χ3n) is 7.36. The number of nitrogens with zero attached hydrogens (tertiary/aromatic N) is 1. The number of hydrogen-bond donors (Lipinski definition) is 0. The first-order chi connectivity index (χ1) is 14.7. The quantitative estimate of drug-likeness (QED) is 0.606. The molecule has 1 saturated heterocycles. The van der Waals surface area contributed by atoms with E-state index < -0.39 is 0 Å². The smallest absolute Gasteiger partial charge is 0.234 e. The molecule has 2 amide bonds. The molecule has 0 saturated carbocycles. The molecule has 3 nitrogen and oxygen atoms in total. The fourth-order valence-electron chi connectivity index (χ4n) is 6.08. The lowest BCUT2D eigenvalue weighted by atomic mass is 9.55. The van der Waals surface area contributed by atoms with Gasteiger partial charge in [-0.2, -0.15) is 0 Å². The van der Waals surface area contributed by atoms with Crippen LogP contribution >= 0.6 is 0 Å². The third kappa shape index (κ3) is 2.26. The predicted molar refractivity (Wildman–Crippen MR) is 115 cm³/mol. The Hall–Kier alpha value is -3.20. The highest BCUT2D eigenvalue weighted by Crippen LogP contribution is 2.61. The highest BCUT2D eigenvalue weighted by Gasteiger charge is 2.61. The molecule has 4 aliphatic rings. The van der Waals surface area contributed by atoms with Gasteiger partial charge >= 0.3 is 0 Å². The molecule has 3 aromatic rings. The van der Waals surface area contributed by atoms with Gasteiger partial charge in [-0.15, -0.1) is 0 Å². The van der Waals surface area contributed by atoms with Gasteiger partial charge in [-0.05, 0) is 33.7 Å². The van der Waals surface area contributed by atoms with Gasteiger partial charge in [0.25, 0.3) is 0 Å². The number of imide groups is 1. The first-order valence-electron chi connectivity index (χ1n) is 10.7. The lowest BCUT2D eigenvalue weighted by Gasteiger charge is -2.45. The zero-order chi connectivity index (χ0) is 20.4. The van der Waals surface area contributed by atoms with Gasteiger partial charge in [-0.25, -0.2) is 0 Å². The normalized spacial score (nSPS) is 26.9. The van der Waals surface area contributed by atoms with Crippen LogP contribution in [0.4, 0.5) is 0 Å². The minimum atomic E-state index is -0.282. The summed E-state index contributed by atoms with van der Waals surface area (Å²) < 4.78 is 0. The first-order valence-corrected chi connectivity index (χ1v) is 10.7. The number of amides is 2. The van der Waals surface area contributed by atoms with Crippen molar-refractivity contribution >= 4 is 11.8 Å². The van der Waals surface area contributed by atoms with Gasteiger partial charge in [0.2, 0.25) is 11.8 Å². The number of carbonyl (C=O) groups is 2. The maximum atomic E-state index is 13.6. The molecule has 0 unspecified atom stereocenters. The van der Waals surface area contributed by atoms with Crippen LogP contribution in [-0.4, -0.2) is 23.3 Å². The third-order valence-corrected chi connectivity index (χ3v) is 7.36. The average molecular weight is 393 g/mol. The van der Waals surface area contributed by atoms with Crippen LogP contribution in [0.2, 0.25) is 0 Å². The summed E-state index contributed by atoms with van der Waals surface area (Å²) in [7, 11) is 0. The minimum Gasteiger partial charge on any atom is -0.281 e. The Bertz CT molecular complexity index is 1050. The highest BCUT2D eigenvalue weighted by molar-refractivity contribution is 6.07. The summed E-state index contributed by atoms with van der Waals surface area (Å²) in [5.41, 5.74) is 6.05. The Morgan fingerprint density at radius 2 is 1.07 bits per heavy atom. The number of hydrogen-bond acceptors (Lipinski definition) is 2. The fourth-order valence-corrected chi connectivity index (χ4v) is 6.08. The van der Waals surface area contributed by atoms with Crippen LogP contribution in [0.1, 0.15) is 52.5 Å². The first kappa shape index (κ1) is 17.6. The molecule has 2 bridgehead atoms. The topological polar surface area (TPSA) is 37.4 Å². The monoisotopic (exact) mass is 393 g/mol. The van der Waals surface area contributed by atoms with Crippen LogP contribution in [0.15, 0.2) is 78.9 Å². The number of likely N-dealkylation sites (tertiary alicyclic amines) is 1. The number of carbonyl (C=O) groups excluding carboxylic acids is 2. The van der Waals surface area contributed by atoms with Crippen molar-refractivity contribution < 1.29 is 9.59 Å². The van der Waals surface area contributed by atoms with Crippen LogP contribution in [0.3, 0.4) is 0 Å². The maximum absolute atomic E-state index is 13.6. The summed E-state index contributed by atoms with van der Waals surface area (Å²) in [5, 5.41) is 0. The van der Waals surface area contributed by atoms with E-state index in [2.05, 4.69) is 43.3 Å². The van der Waals surface area contributed by atoms with Gasteiger partial charge in [0, 0.05) is 18.4 Å². The molecular weight excluding hydrogens is 370 g/mol. The van der Waals surface area contributed by atoms with Crippen LogP contribution in [0.25, 0.3) is 0 Å². The SMILES string of the molecule is C[C@H](CN1C(=O)[C@@H]2C3c4ccccc4C(c4ccccc43)[C@H]2C1=O)c1ccccc1. The van der Waals surface area contributed by atoms with Gasteiger partial charge < -0.3 is 0 Å². The van der Waals surface area contributed by atoms with Gasteiger partial charge in [-0.1, -0.05) is 85.8 Å². The number of rotatable bonds is 3. The van der Waals surface area contributed by atoms with Crippen molar-refractivity contribution in [2.24, 2.45) is 11.8 Å². The number of benzene rings is 3. The summed E-state index contributed by atoms with van der Waals surface area (Å²) >= 11 is 0. The van der Waals surface area contributed by atoms with Crippen molar-refractivity contribution in [3.63, 3.8) is 0 Å². The standard InChI is InChI=1S/C27H23NO2/c1-16(17-9-3-2-4-10-17)15-28-26(29)24-22-18-11-5-6-12-19(18)23(25(24)27(28)30)21-14-8-7-13-20(21)22/h2-14,16,22-25H,15H2,1H3/t16-,22?,23?,24-,25-/m1/s1. The molecule has 0 aromatic heterocycles. The maximum Gasteiger partial charge on any atom is 0.234 e. The molecule has 3 aromatic carbocycles. The molecule has 1 fully saturated rings.